The maximum absolute atomic E-state index is 9.10. The largest absolute Gasteiger partial charge is 0.391 e. The molecule has 0 saturated carbocycles. The number of ether oxygens (including phenoxy) is 8. The Balaban J connectivity index is -0.000000118. The molecule has 0 aromatic rings. The molecule has 0 heterocycles. The Morgan fingerprint density at radius 3 is 0.519 bits per heavy atom. The smallest absolute Gasteiger partial charge is 0.108 e. The molecule has 0 aromatic carbocycles. The third-order valence-electron chi connectivity index (χ3n) is 8.45. The Kier molecular flexibility index (Phi) is 60.1. The van der Waals surface area contributed by atoms with E-state index in [1.807, 2.05) is 208 Å². The lowest BCUT2D eigenvalue weighted by Crippen LogP contribution is -2.25. The molecule has 0 spiro atoms. The van der Waals surface area contributed by atoms with Crippen molar-refractivity contribution in [3.05, 3.63) is 0 Å². The van der Waals surface area contributed by atoms with Crippen LogP contribution in [0.5, 0.6) is 0 Å². The second-order valence-electron chi connectivity index (χ2n) is 26.4. The third-order valence-corrected chi connectivity index (χ3v) is 8.45. The second-order valence-corrected chi connectivity index (χ2v) is 26.4. The Bertz CT molecular complexity index is 1120. The first-order chi connectivity index (χ1) is 34.3. The van der Waals surface area contributed by atoms with E-state index in [1.54, 1.807) is 0 Å². The molecule has 2 unspecified atom stereocenters. The van der Waals surface area contributed by atoms with Crippen LogP contribution in [-0.2, 0) is 37.9 Å². The third kappa shape index (κ3) is 118. The van der Waals surface area contributed by atoms with Crippen LogP contribution in [0, 0.1) is 24.7 Å². The minimum Gasteiger partial charge on any atom is -0.391 e. The summed E-state index contributed by atoms with van der Waals surface area (Å²) < 4.78 is 42.5. The molecule has 0 aliphatic heterocycles. The summed E-state index contributed by atoms with van der Waals surface area (Å²) in [5.41, 5.74) is -0.909. The van der Waals surface area contributed by atoms with Crippen molar-refractivity contribution in [2.45, 2.75) is 334 Å². The van der Waals surface area contributed by atoms with Crippen molar-refractivity contribution < 1.29 is 68.5 Å². The van der Waals surface area contributed by atoms with Crippen LogP contribution in [0.1, 0.15) is 253 Å². The predicted octanol–water partition coefficient (Wildman–Crippen LogP) is 12.7. The van der Waals surface area contributed by atoms with Gasteiger partial charge in [-0.05, 0) is 205 Å². The lowest BCUT2D eigenvalue weighted by atomic mass is 10.2. The number of hydrogen-bond donors (Lipinski definition) is 6. The van der Waals surface area contributed by atoms with Crippen molar-refractivity contribution in [2.75, 3.05) is 52.9 Å². The van der Waals surface area contributed by atoms with Gasteiger partial charge in [-0.2, -0.15) is 0 Å². The average molecular weight is 1120 g/mol. The standard InChI is InChI=1S/6C8H18O2.C8H14O.C7H12O/c6*1-5-7(9)6-10-8(2,3)4;1-5-6-7-9-8(2,3)4;1-5-6-8-7(2,3)4/h6*7,9H,5-6H2,1-4H3;1H,6-7H2,2-4H3;1H,6H2,2-4H3/t4*7-;;;;/m1100..../s1. The van der Waals surface area contributed by atoms with Gasteiger partial charge in [-0.3, -0.25) is 0 Å². The summed E-state index contributed by atoms with van der Waals surface area (Å²) in [5.74, 6) is 4.92. The summed E-state index contributed by atoms with van der Waals surface area (Å²) in [5, 5.41) is 54.6. The molecule has 77 heavy (non-hydrogen) atoms. The van der Waals surface area contributed by atoms with Crippen LogP contribution in [0.25, 0.3) is 0 Å². The lowest BCUT2D eigenvalue weighted by Gasteiger charge is -2.21. The van der Waals surface area contributed by atoms with Gasteiger partial charge in [0.05, 0.1) is 128 Å². The monoisotopic (exact) mass is 1110 g/mol. The van der Waals surface area contributed by atoms with E-state index in [2.05, 4.69) is 11.8 Å². The van der Waals surface area contributed by atoms with Gasteiger partial charge in [-0.15, -0.1) is 18.8 Å². The highest BCUT2D eigenvalue weighted by molar-refractivity contribution is 4.84. The van der Waals surface area contributed by atoms with Gasteiger partial charge >= 0.3 is 0 Å². The van der Waals surface area contributed by atoms with Crippen molar-refractivity contribution in [3.63, 3.8) is 0 Å². The number of terminal acetylenes is 2. The highest BCUT2D eigenvalue weighted by Gasteiger charge is 2.16. The summed E-state index contributed by atoms with van der Waals surface area (Å²) in [6, 6.07) is 0. The van der Waals surface area contributed by atoms with Crippen LogP contribution in [0.2, 0.25) is 0 Å². The highest BCUT2D eigenvalue weighted by atomic mass is 16.5. The van der Waals surface area contributed by atoms with Crippen LogP contribution >= 0.6 is 0 Å². The molecule has 0 amide bonds. The van der Waals surface area contributed by atoms with Crippen molar-refractivity contribution in [1.29, 1.82) is 0 Å². The Morgan fingerprint density at radius 1 is 0.273 bits per heavy atom. The zero-order valence-corrected chi connectivity index (χ0v) is 56.2. The van der Waals surface area contributed by atoms with Crippen LogP contribution in [-0.4, -0.2) is 165 Å². The van der Waals surface area contributed by atoms with Crippen molar-refractivity contribution in [3.8, 4) is 24.7 Å². The number of rotatable bonds is 21. The zero-order valence-electron chi connectivity index (χ0n) is 56.2. The molecule has 14 nitrogen and oxygen atoms in total. The number of aliphatic hydroxyl groups excluding tert-OH is 6. The predicted molar refractivity (Wildman–Crippen MR) is 326 cm³/mol. The summed E-state index contributed by atoms with van der Waals surface area (Å²) in [7, 11) is 0. The van der Waals surface area contributed by atoms with Crippen LogP contribution in [0.15, 0.2) is 0 Å². The maximum atomic E-state index is 9.10. The van der Waals surface area contributed by atoms with Crippen LogP contribution in [0.4, 0.5) is 0 Å². The van der Waals surface area contributed by atoms with E-state index in [4.69, 9.17) is 81.4 Å². The molecular formula is C63H134O14. The molecule has 470 valence electrons. The van der Waals surface area contributed by atoms with Gasteiger partial charge in [0.1, 0.15) is 6.61 Å². The van der Waals surface area contributed by atoms with E-state index in [0.29, 0.717) is 59.3 Å². The molecule has 0 bridgehead atoms. The topological polar surface area (TPSA) is 195 Å². The van der Waals surface area contributed by atoms with E-state index in [0.717, 1.165) is 38.5 Å². The molecular weight excluding hydrogens is 981 g/mol. The molecule has 0 aliphatic carbocycles. The van der Waals surface area contributed by atoms with Crippen molar-refractivity contribution >= 4 is 0 Å². The minimum absolute atomic E-state index is 0.0448. The molecule has 0 radical (unpaired) electrons. The normalized spacial score (nSPS) is 14.3. The molecule has 6 atom stereocenters. The fraction of sp³-hybridized carbons (Fsp3) is 0.937. The molecule has 6 N–H and O–H groups in total. The highest BCUT2D eigenvalue weighted by Crippen LogP contribution is 2.12. The van der Waals surface area contributed by atoms with Gasteiger partial charge in [0, 0.05) is 6.42 Å². The van der Waals surface area contributed by atoms with Crippen molar-refractivity contribution in [2.24, 2.45) is 0 Å². The first-order valence-corrected chi connectivity index (χ1v) is 28.4. The molecule has 0 rings (SSSR count). The molecule has 0 aliphatic rings. The summed E-state index contributed by atoms with van der Waals surface area (Å²) in [6.07, 6.45) is 13.4. The zero-order chi connectivity index (χ0) is 63.1. The molecule has 0 aromatic heterocycles. The molecule has 0 saturated heterocycles. The van der Waals surface area contributed by atoms with Crippen LogP contribution in [0.3, 0.4) is 0 Å². The fourth-order valence-corrected chi connectivity index (χ4v) is 3.46. The van der Waals surface area contributed by atoms with Crippen molar-refractivity contribution in [1.82, 2.24) is 0 Å². The quantitative estimate of drug-likeness (QED) is 0.0469. The summed E-state index contributed by atoms with van der Waals surface area (Å²) in [4.78, 5) is 0. The maximum Gasteiger partial charge on any atom is 0.108 e. The fourth-order valence-electron chi connectivity index (χ4n) is 3.46. The second kappa shape index (κ2) is 50.3. The Hall–Kier alpha value is -1.44. The van der Waals surface area contributed by atoms with Gasteiger partial charge in [0.15, 0.2) is 0 Å². The minimum atomic E-state index is -0.306. The van der Waals surface area contributed by atoms with Gasteiger partial charge in [-0.25, -0.2) is 0 Å². The van der Waals surface area contributed by atoms with Gasteiger partial charge in [-0.1, -0.05) is 47.5 Å². The Morgan fingerprint density at radius 2 is 0.429 bits per heavy atom. The summed E-state index contributed by atoms with van der Waals surface area (Å²) >= 11 is 0. The lowest BCUT2D eigenvalue weighted by molar-refractivity contribution is -0.0493. The van der Waals surface area contributed by atoms with Crippen LogP contribution < -0.4 is 0 Å². The number of aliphatic hydroxyl groups is 6. The van der Waals surface area contributed by atoms with Gasteiger partial charge in [0.2, 0.25) is 0 Å². The van der Waals surface area contributed by atoms with Gasteiger partial charge in [0.25, 0.3) is 0 Å². The summed E-state index contributed by atoms with van der Waals surface area (Å²) in [6.45, 7) is 63.0. The molecule has 14 heteroatoms. The SMILES string of the molecule is C#CCCOC(C)(C)C.C#CCOC(C)(C)C.CCC(O)COC(C)(C)C.CCC(O)COC(C)(C)C.CC[C@@H](O)COC(C)(C)C.CC[C@@H](O)COC(C)(C)C.CC[C@H](O)COC(C)(C)C.CC[C@H](O)COC(C)(C)C. The van der Waals surface area contributed by atoms with E-state index >= 15 is 0 Å². The van der Waals surface area contributed by atoms with E-state index in [9.17, 15) is 0 Å². The van der Waals surface area contributed by atoms with Gasteiger partial charge < -0.3 is 68.5 Å². The first kappa shape index (κ1) is 92.0. The molecule has 0 fully saturated rings. The average Bonchev–Trinajstić information content (AvgIpc) is 3.28. The van der Waals surface area contributed by atoms with E-state index < -0.39 is 0 Å². The Labute approximate surface area is 478 Å². The van der Waals surface area contributed by atoms with E-state index in [1.165, 1.54) is 0 Å². The van der Waals surface area contributed by atoms with E-state index in [-0.39, 0.29) is 81.4 Å². The number of hydrogen-bond acceptors (Lipinski definition) is 14. The first-order valence-electron chi connectivity index (χ1n) is 28.4.